The molecule has 0 radical (unpaired) electrons. The van der Waals surface area contributed by atoms with E-state index in [1.807, 2.05) is 6.07 Å². The van der Waals surface area contributed by atoms with E-state index in [2.05, 4.69) is 26.0 Å². The molecule has 8 heteroatoms. The van der Waals surface area contributed by atoms with Crippen LogP contribution in [0.1, 0.15) is 15.9 Å². The van der Waals surface area contributed by atoms with E-state index < -0.39 is 15.9 Å². The molecule has 0 saturated carbocycles. The Labute approximate surface area is 176 Å². The molecule has 0 fully saturated rings. The van der Waals surface area contributed by atoms with E-state index in [0.29, 0.717) is 11.4 Å². The summed E-state index contributed by atoms with van der Waals surface area (Å²) in [6, 6.07) is 18.2. The molecule has 0 atom stereocenters. The largest absolute Gasteiger partial charge is 0.322 e. The van der Waals surface area contributed by atoms with Gasteiger partial charge in [0, 0.05) is 15.7 Å². The summed E-state index contributed by atoms with van der Waals surface area (Å²) in [5, 5.41) is 2.75. The van der Waals surface area contributed by atoms with Crippen LogP contribution in [-0.4, -0.2) is 14.3 Å². The number of hydrogen-bond donors (Lipinski definition) is 2. The van der Waals surface area contributed by atoms with Crippen LogP contribution < -0.4 is 10.0 Å². The van der Waals surface area contributed by atoms with Gasteiger partial charge in [0.1, 0.15) is 4.90 Å². The fourth-order valence-corrected chi connectivity index (χ4v) is 4.40. The summed E-state index contributed by atoms with van der Waals surface area (Å²) in [5.41, 5.74) is 1.98. The maximum absolute atomic E-state index is 12.8. The summed E-state index contributed by atoms with van der Waals surface area (Å²) in [7, 11) is -3.97. The van der Waals surface area contributed by atoms with Gasteiger partial charge >= 0.3 is 0 Å². The number of sulfonamides is 1. The first kappa shape index (κ1) is 20.4. The SMILES string of the molecule is Cc1ccccc1NS(=O)(=O)c1cc(C(=O)Nc2ccc(Br)cc2)ccc1Cl. The third kappa shape index (κ3) is 4.73. The summed E-state index contributed by atoms with van der Waals surface area (Å²) in [6.07, 6.45) is 0. The highest BCUT2D eigenvalue weighted by molar-refractivity contribution is 9.10. The van der Waals surface area contributed by atoms with Gasteiger partial charge in [-0.15, -0.1) is 0 Å². The monoisotopic (exact) mass is 478 g/mol. The van der Waals surface area contributed by atoms with Crippen molar-refractivity contribution >= 4 is 54.8 Å². The third-order valence-corrected chi connectivity index (χ3v) is 6.35. The minimum Gasteiger partial charge on any atom is -0.322 e. The molecule has 3 aromatic rings. The highest BCUT2D eigenvalue weighted by Gasteiger charge is 2.21. The molecule has 2 N–H and O–H groups in total. The molecular weight excluding hydrogens is 464 g/mol. The van der Waals surface area contributed by atoms with Crippen LogP contribution in [0.15, 0.2) is 76.1 Å². The molecule has 0 unspecified atom stereocenters. The fraction of sp³-hybridized carbons (Fsp3) is 0.0500. The molecule has 3 rings (SSSR count). The van der Waals surface area contributed by atoms with Crippen LogP contribution >= 0.6 is 27.5 Å². The zero-order chi connectivity index (χ0) is 20.3. The van der Waals surface area contributed by atoms with Gasteiger partial charge < -0.3 is 5.32 Å². The lowest BCUT2D eigenvalue weighted by Gasteiger charge is -2.13. The average Bonchev–Trinajstić information content (AvgIpc) is 2.65. The number of carbonyl (C=O) groups is 1. The normalized spacial score (nSPS) is 11.1. The Morgan fingerprint density at radius 1 is 1.00 bits per heavy atom. The summed E-state index contributed by atoms with van der Waals surface area (Å²) in [4.78, 5) is 12.4. The van der Waals surface area contributed by atoms with E-state index in [4.69, 9.17) is 11.6 Å². The van der Waals surface area contributed by atoms with Crippen LogP contribution in [0.25, 0.3) is 0 Å². The minimum absolute atomic E-state index is 0.0290. The Morgan fingerprint density at radius 2 is 1.68 bits per heavy atom. The first-order chi connectivity index (χ1) is 13.3. The number of benzene rings is 3. The van der Waals surface area contributed by atoms with Gasteiger partial charge in [0.05, 0.1) is 10.7 Å². The lowest BCUT2D eigenvalue weighted by molar-refractivity contribution is 0.102. The zero-order valence-electron chi connectivity index (χ0n) is 14.7. The van der Waals surface area contributed by atoms with Crippen molar-refractivity contribution in [3.8, 4) is 0 Å². The molecule has 0 aliphatic rings. The average molecular weight is 480 g/mol. The molecule has 0 aliphatic heterocycles. The predicted molar refractivity (Wildman–Crippen MR) is 116 cm³/mol. The van der Waals surface area contributed by atoms with Crippen LogP contribution in [-0.2, 0) is 10.0 Å². The molecule has 0 aromatic heterocycles. The van der Waals surface area contributed by atoms with Crippen LogP contribution in [0.4, 0.5) is 11.4 Å². The van der Waals surface area contributed by atoms with E-state index in [-0.39, 0.29) is 15.5 Å². The first-order valence-electron chi connectivity index (χ1n) is 8.21. The summed E-state index contributed by atoms with van der Waals surface area (Å²) < 4.78 is 29.0. The second-order valence-corrected chi connectivity index (χ2v) is 9.00. The molecule has 5 nitrogen and oxygen atoms in total. The molecule has 144 valence electrons. The number of hydrogen-bond acceptors (Lipinski definition) is 3. The number of amides is 1. The third-order valence-electron chi connectivity index (χ3n) is 3.97. The van der Waals surface area contributed by atoms with Crippen LogP contribution in [0.2, 0.25) is 5.02 Å². The van der Waals surface area contributed by atoms with Crippen molar-refractivity contribution in [3.63, 3.8) is 0 Å². The van der Waals surface area contributed by atoms with Crippen molar-refractivity contribution < 1.29 is 13.2 Å². The molecule has 0 bridgehead atoms. The standard InChI is InChI=1S/C20H16BrClN2O3S/c1-13-4-2-3-5-18(13)24-28(26,27)19-12-14(6-11-17(19)22)20(25)23-16-9-7-15(21)8-10-16/h2-12,24H,1H3,(H,23,25). The van der Waals surface area contributed by atoms with Gasteiger partial charge in [0.15, 0.2) is 0 Å². The number of nitrogens with one attached hydrogen (secondary N) is 2. The minimum atomic E-state index is -3.97. The zero-order valence-corrected chi connectivity index (χ0v) is 17.9. The predicted octanol–water partition coefficient (Wildman–Crippen LogP) is 5.46. The van der Waals surface area contributed by atoms with E-state index in [9.17, 15) is 13.2 Å². The van der Waals surface area contributed by atoms with Gasteiger partial charge in [-0.1, -0.05) is 45.7 Å². The molecular formula is C20H16BrClN2O3S. The van der Waals surface area contributed by atoms with E-state index >= 15 is 0 Å². The molecule has 1 amide bonds. The number of para-hydroxylation sites is 1. The van der Waals surface area contributed by atoms with Crippen molar-refractivity contribution in [1.82, 2.24) is 0 Å². The summed E-state index contributed by atoms with van der Waals surface area (Å²) in [6.45, 7) is 1.79. The van der Waals surface area contributed by atoms with Gasteiger partial charge in [-0.2, -0.15) is 0 Å². The lowest BCUT2D eigenvalue weighted by Crippen LogP contribution is -2.17. The van der Waals surface area contributed by atoms with E-state index in [0.717, 1.165) is 10.0 Å². The number of aryl methyl sites for hydroxylation is 1. The maximum Gasteiger partial charge on any atom is 0.263 e. The number of carbonyl (C=O) groups excluding carboxylic acids is 1. The maximum atomic E-state index is 12.8. The highest BCUT2D eigenvalue weighted by atomic mass is 79.9. The number of anilines is 2. The van der Waals surface area contributed by atoms with Crippen LogP contribution in [0, 0.1) is 6.92 Å². The Kier molecular flexibility index (Phi) is 6.07. The van der Waals surface area contributed by atoms with Gasteiger partial charge in [0.25, 0.3) is 15.9 Å². The molecule has 3 aromatic carbocycles. The van der Waals surface area contributed by atoms with Gasteiger partial charge in [0.2, 0.25) is 0 Å². The van der Waals surface area contributed by atoms with Crippen LogP contribution in [0.3, 0.4) is 0 Å². The van der Waals surface area contributed by atoms with E-state index in [1.165, 1.54) is 18.2 Å². The van der Waals surface area contributed by atoms with E-state index in [1.54, 1.807) is 49.4 Å². The Hall–Kier alpha value is -2.35. The van der Waals surface area contributed by atoms with Crippen LogP contribution in [0.5, 0.6) is 0 Å². The van der Waals surface area contributed by atoms with Crippen molar-refractivity contribution in [2.75, 3.05) is 10.0 Å². The van der Waals surface area contributed by atoms with Crippen molar-refractivity contribution in [3.05, 3.63) is 87.4 Å². The highest BCUT2D eigenvalue weighted by Crippen LogP contribution is 2.26. The second kappa shape index (κ2) is 8.34. The van der Waals surface area contributed by atoms with Gasteiger partial charge in [-0.25, -0.2) is 8.42 Å². The summed E-state index contributed by atoms with van der Waals surface area (Å²) in [5.74, 6) is -0.439. The van der Waals surface area contributed by atoms with Crippen molar-refractivity contribution in [2.24, 2.45) is 0 Å². The first-order valence-corrected chi connectivity index (χ1v) is 10.9. The number of rotatable bonds is 5. The Balaban J connectivity index is 1.89. The Bertz CT molecular complexity index is 1130. The van der Waals surface area contributed by atoms with Crippen molar-refractivity contribution in [2.45, 2.75) is 11.8 Å². The molecule has 0 spiro atoms. The number of halogens is 2. The fourth-order valence-electron chi connectivity index (χ4n) is 2.47. The topological polar surface area (TPSA) is 75.3 Å². The molecule has 0 aliphatic carbocycles. The molecule has 28 heavy (non-hydrogen) atoms. The quantitative estimate of drug-likeness (QED) is 0.510. The molecule has 0 saturated heterocycles. The lowest BCUT2D eigenvalue weighted by atomic mass is 10.2. The van der Waals surface area contributed by atoms with Crippen molar-refractivity contribution in [1.29, 1.82) is 0 Å². The summed E-state index contributed by atoms with van der Waals surface area (Å²) >= 11 is 9.44. The van der Waals surface area contributed by atoms with Gasteiger partial charge in [-0.3, -0.25) is 9.52 Å². The second-order valence-electron chi connectivity index (χ2n) is 6.03. The smallest absolute Gasteiger partial charge is 0.263 e. The Morgan fingerprint density at radius 3 is 2.36 bits per heavy atom. The van der Waals surface area contributed by atoms with Gasteiger partial charge in [-0.05, 0) is 61.0 Å². The molecule has 0 heterocycles.